The van der Waals surface area contributed by atoms with Crippen molar-refractivity contribution in [2.75, 3.05) is 59.5 Å². The SMILES string of the molecule is CC(=O)N[C@H]1[C@H](O[C@H]2[C@@H](O)[C@@H](CO[C@@H]3O[C@H](CO)[C@@H](O[C@@H]4O[C@H](CO)[C@H](O)[C@H](O[C@@H]5O[C@H](CO)[C@@H](O[C@@H]6O[C@@H](C)[C@@H](O)[C@@H](O)[C@@H]6O)[C@H](O[C@@H]6O[C@H](CO)[C@H](O)[C@H](O)[C@H]6O)[C@H]5NC(C)=O)[C@H]4O)[C@H](O[C@@H]4O[C@@H](C)[C@@H](O)[C@@H](O)[C@@H]4O)[C@H]3NC(C)=O)O[C@@H](O[C@@H]([C@H](O)[C@@H](O)CO)[C@H](O)CO)[C@@H]2O)O[C@H](CO)[C@@H](O[C@@H]2O[C@H](CO)[C@H](O)[C@H](O)[C@H]2O)[C@@H]1O. The third-order valence-corrected chi connectivity index (χ3v) is 21.6. The van der Waals surface area contributed by atoms with Crippen molar-refractivity contribution in [1.82, 2.24) is 16.0 Å². The van der Waals surface area contributed by atoms with Gasteiger partial charge in [0.25, 0.3) is 0 Å². The molecule has 0 bridgehead atoms. The molecule has 686 valence electrons. The van der Waals surface area contributed by atoms with Gasteiger partial charge in [0, 0.05) is 20.8 Å². The van der Waals surface area contributed by atoms with Gasteiger partial charge in [-0.1, -0.05) is 0 Å². The molecule has 3 amide bonds. The maximum Gasteiger partial charge on any atom is 0.217 e. The Morgan fingerprint density at radius 1 is 0.288 bits per heavy atom. The first-order valence-electron chi connectivity index (χ1n) is 37.8. The first-order valence-corrected chi connectivity index (χ1v) is 37.8. The molecule has 9 fully saturated rings. The molecule has 9 aliphatic rings. The predicted molar refractivity (Wildman–Crippen MR) is 364 cm³/mol. The monoisotopic (exact) mass is 1730 g/mol. The van der Waals surface area contributed by atoms with E-state index in [1.807, 2.05) is 0 Å². The van der Waals surface area contributed by atoms with Crippen LogP contribution in [0.25, 0.3) is 0 Å². The Kier molecular flexibility index (Phi) is 36.0. The van der Waals surface area contributed by atoms with Gasteiger partial charge in [-0.25, -0.2) is 0 Å². The van der Waals surface area contributed by atoms with E-state index in [1.165, 1.54) is 13.8 Å². The Hall–Kier alpha value is -3.43. The van der Waals surface area contributed by atoms with E-state index in [0.717, 1.165) is 20.8 Å². The molecule has 0 unspecified atom stereocenters. The summed E-state index contributed by atoms with van der Waals surface area (Å²) in [6.45, 7) is -5.31. The first-order chi connectivity index (χ1) is 55.7. The number of carbonyl (C=O) groups excluding carboxylic acids is 3. The van der Waals surface area contributed by atoms with Gasteiger partial charge in [0.15, 0.2) is 56.6 Å². The number of amides is 3. The number of hydrogen-bond acceptors (Lipinski definition) is 49. The molecule has 9 saturated heterocycles. The van der Waals surface area contributed by atoms with E-state index in [2.05, 4.69) is 16.0 Å². The van der Waals surface area contributed by atoms with Gasteiger partial charge < -0.3 is 244 Å². The highest BCUT2D eigenvalue weighted by atomic mass is 16.8. The summed E-state index contributed by atoms with van der Waals surface area (Å²) in [7, 11) is 0. The average Bonchev–Trinajstić information content (AvgIpc) is 0.765. The Balaban J connectivity index is 1.06. The Labute approximate surface area is 669 Å². The number of ether oxygens (including phenoxy) is 18. The van der Waals surface area contributed by atoms with Crippen molar-refractivity contribution in [3.8, 4) is 0 Å². The molecule has 0 aromatic heterocycles. The van der Waals surface area contributed by atoms with Gasteiger partial charge in [-0.05, 0) is 13.8 Å². The molecule has 0 spiro atoms. The molecule has 0 radical (unpaired) electrons. The number of rotatable bonds is 33. The van der Waals surface area contributed by atoms with Crippen molar-refractivity contribution in [2.45, 2.75) is 335 Å². The van der Waals surface area contributed by atoms with E-state index in [-0.39, 0.29) is 0 Å². The highest BCUT2D eigenvalue weighted by Crippen LogP contribution is 2.41. The molecule has 52 heteroatoms. The summed E-state index contributed by atoms with van der Waals surface area (Å²) >= 11 is 0. The van der Waals surface area contributed by atoms with E-state index in [4.69, 9.17) is 85.3 Å². The molecule has 0 aliphatic carbocycles. The lowest BCUT2D eigenvalue weighted by Gasteiger charge is -2.52. The van der Waals surface area contributed by atoms with Gasteiger partial charge >= 0.3 is 0 Å². The highest BCUT2D eigenvalue weighted by molar-refractivity contribution is 5.74. The van der Waals surface area contributed by atoms with Gasteiger partial charge in [-0.2, -0.15) is 0 Å². The number of nitrogens with one attached hydrogen (secondary N) is 3. The van der Waals surface area contributed by atoms with Gasteiger partial charge in [-0.3, -0.25) is 14.4 Å². The van der Waals surface area contributed by atoms with Crippen LogP contribution >= 0.6 is 0 Å². The zero-order valence-corrected chi connectivity index (χ0v) is 63.7. The second kappa shape index (κ2) is 43.2. The molecular formula is C66H113N3O49. The topological polar surface area (TPSA) is 820 Å². The fourth-order valence-corrected chi connectivity index (χ4v) is 15.0. The summed E-state index contributed by atoms with van der Waals surface area (Å²) in [4.78, 5) is 40.0. The van der Waals surface area contributed by atoms with E-state index in [9.17, 15) is 157 Å². The van der Waals surface area contributed by atoms with Crippen molar-refractivity contribution in [2.24, 2.45) is 0 Å². The fourth-order valence-electron chi connectivity index (χ4n) is 15.0. The summed E-state index contributed by atoms with van der Waals surface area (Å²) in [5, 5.41) is 316. The molecule has 52 nitrogen and oxygen atoms in total. The van der Waals surface area contributed by atoms with E-state index < -0.39 is 378 Å². The second-order valence-corrected chi connectivity index (χ2v) is 30.0. The number of hydrogen-bond donors (Lipinski definition) is 31. The van der Waals surface area contributed by atoms with Crippen molar-refractivity contribution < 1.29 is 243 Å². The van der Waals surface area contributed by atoms with Crippen molar-refractivity contribution in [3.63, 3.8) is 0 Å². The van der Waals surface area contributed by atoms with Crippen LogP contribution in [0.5, 0.6) is 0 Å². The first kappa shape index (κ1) is 98.4. The molecule has 118 heavy (non-hydrogen) atoms. The van der Waals surface area contributed by atoms with Crippen LogP contribution in [0.1, 0.15) is 34.6 Å². The summed E-state index contributed by atoms with van der Waals surface area (Å²) in [6, 6.07) is -6.00. The van der Waals surface area contributed by atoms with E-state index in [1.54, 1.807) is 0 Å². The third kappa shape index (κ3) is 21.8. The maximum absolute atomic E-state index is 13.6. The van der Waals surface area contributed by atoms with Crippen LogP contribution in [0.2, 0.25) is 0 Å². The molecule has 9 heterocycles. The van der Waals surface area contributed by atoms with Crippen LogP contribution < -0.4 is 16.0 Å². The highest BCUT2D eigenvalue weighted by Gasteiger charge is 2.62. The van der Waals surface area contributed by atoms with Gasteiger partial charge in [-0.15, -0.1) is 0 Å². The number of aliphatic hydroxyl groups excluding tert-OH is 28. The molecule has 9 aliphatic heterocycles. The molecule has 0 aromatic carbocycles. The number of carbonyl (C=O) groups is 3. The Morgan fingerprint density at radius 3 is 0.992 bits per heavy atom. The zero-order chi connectivity index (χ0) is 87.2. The van der Waals surface area contributed by atoms with Crippen LogP contribution in [-0.4, -0.2) is 521 Å². The van der Waals surface area contributed by atoms with Gasteiger partial charge in [0.05, 0.1) is 71.7 Å². The van der Waals surface area contributed by atoms with Gasteiger partial charge in [0.2, 0.25) is 17.7 Å². The standard InChI is InChI=1S/C66H113N3O49/c1-15-32(83)40(91)44(95)61(102-15)113-53-27(13-77)109-60(31(69-19(5)80)55(53)116-64-47(98)43(94)36(87)23(9-73)105-64)118-56-37(88)24(10-74)106-65(48(56)99)114-52-26(12-76)107-58(30(68-18(4)79)54(52)115-62-45(96)41(92)33(84)16(2)103-62)101-14-28-38(89)57(49(100)66(110-28)111-50(21(82)7-71)34(85)20(81)6-70)117-59-29(67-17(3)78)39(90)51(25(11-75)108-59)112-63-46(97)42(93)35(86)22(8-72)104-63/h15-16,20-66,70-77,81-100H,6-14H2,1-5H3,(H,67,78)(H,68,79)(H,69,80)/t15-,16-,20-,21+,22+,23+,24+,25+,26+,27+,28+,29+,30+,31+,32+,33+,34+,35-,36-,37-,38-,39+,40+,41+,42-,43-,44-,45-,46+,47+,48+,49+,50+,51+,52+,53+,54+,55+,56-,57-,58+,59-,60-,61-,62-,63-,64-,65-,66-/m0/s1. The van der Waals surface area contributed by atoms with Crippen molar-refractivity contribution in [3.05, 3.63) is 0 Å². The zero-order valence-electron chi connectivity index (χ0n) is 63.7. The summed E-state index contributed by atoms with van der Waals surface area (Å²) in [5.74, 6) is -2.99. The lowest BCUT2D eigenvalue weighted by atomic mass is 9.93. The summed E-state index contributed by atoms with van der Waals surface area (Å²) in [5.41, 5.74) is 0. The maximum atomic E-state index is 13.6. The molecule has 9 rings (SSSR count). The third-order valence-electron chi connectivity index (χ3n) is 21.6. The van der Waals surface area contributed by atoms with Crippen LogP contribution in [0.4, 0.5) is 0 Å². The minimum absolute atomic E-state index is 0.904. The van der Waals surface area contributed by atoms with E-state index in [0.29, 0.717) is 0 Å². The van der Waals surface area contributed by atoms with Crippen LogP contribution in [0.15, 0.2) is 0 Å². The smallest absolute Gasteiger partial charge is 0.217 e. The Morgan fingerprint density at radius 2 is 0.585 bits per heavy atom. The fraction of sp³-hybridized carbons (Fsp3) is 0.955. The molecular weight excluding hydrogens is 1620 g/mol. The molecule has 0 aromatic rings. The van der Waals surface area contributed by atoms with Crippen molar-refractivity contribution >= 4 is 17.7 Å². The van der Waals surface area contributed by atoms with Crippen LogP contribution in [0.3, 0.4) is 0 Å². The normalized spacial score (nSPS) is 48.2. The minimum atomic E-state index is -2.51. The quantitative estimate of drug-likeness (QED) is 0.0290. The van der Waals surface area contributed by atoms with Crippen LogP contribution in [-0.2, 0) is 99.6 Å². The largest absolute Gasteiger partial charge is 0.394 e. The lowest BCUT2D eigenvalue weighted by Crippen LogP contribution is -2.72. The second-order valence-electron chi connectivity index (χ2n) is 30.0. The molecule has 31 N–H and O–H groups in total. The average molecular weight is 1730 g/mol. The van der Waals surface area contributed by atoms with Gasteiger partial charge in [0.1, 0.15) is 232 Å². The predicted octanol–water partition coefficient (Wildman–Crippen LogP) is -20.7. The van der Waals surface area contributed by atoms with Crippen molar-refractivity contribution in [1.29, 1.82) is 0 Å². The lowest BCUT2D eigenvalue weighted by molar-refractivity contribution is -0.395. The minimum Gasteiger partial charge on any atom is -0.394 e. The Bertz CT molecular complexity index is 3080. The number of aliphatic hydroxyl groups is 28. The summed E-state index contributed by atoms with van der Waals surface area (Å²) in [6.07, 6.45) is -96.1. The van der Waals surface area contributed by atoms with E-state index >= 15 is 0 Å². The summed E-state index contributed by atoms with van der Waals surface area (Å²) < 4.78 is 108. The molecule has 49 atom stereocenters. The molecule has 0 saturated carbocycles. The van der Waals surface area contributed by atoms with Crippen LogP contribution in [0, 0.1) is 0 Å².